The lowest BCUT2D eigenvalue weighted by atomic mass is 9.89. The molecule has 0 saturated heterocycles. The molecule has 1 saturated carbocycles. The van der Waals surface area contributed by atoms with Crippen molar-refractivity contribution in [2.75, 3.05) is 6.61 Å². The number of carbonyl (C=O) groups is 1. The largest absolute Gasteiger partial charge is 0.466 e. The molecule has 1 aromatic rings. The van der Waals surface area contributed by atoms with Crippen molar-refractivity contribution >= 4 is 15.8 Å². The highest BCUT2D eigenvalue weighted by atomic mass is 32.2. The molecule has 21 heavy (non-hydrogen) atoms. The van der Waals surface area contributed by atoms with Crippen LogP contribution in [0.4, 0.5) is 0 Å². The molecule has 0 aliphatic heterocycles. The Balaban J connectivity index is 1.93. The van der Waals surface area contributed by atoms with E-state index in [1.807, 2.05) is 30.3 Å². The van der Waals surface area contributed by atoms with E-state index in [9.17, 15) is 13.2 Å². The van der Waals surface area contributed by atoms with Gasteiger partial charge in [-0.2, -0.15) is 0 Å². The highest BCUT2D eigenvalue weighted by Crippen LogP contribution is 2.30. The van der Waals surface area contributed by atoms with E-state index in [-0.39, 0.29) is 22.9 Å². The molecular formula is C16H22O4S. The Bertz CT molecular complexity index is 557. The molecule has 2 rings (SSSR count). The molecule has 0 amide bonds. The molecule has 0 radical (unpaired) electrons. The summed E-state index contributed by atoms with van der Waals surface area (Å²) in [6.07, 6.45) is 2.33. The Hall–Kier alpha value is -1.36. The molecule has 0 N–H and O–H groups in total. The molecule has 1 aliphatic rings. The lowest BCUT2D eigenvalue weighted by Gasteiger charge is -2.27. The van der Waals surface area contributed by atoms with Gasteiger partial charge in [0, 0.05) is 0 Å². The lowest BCUT2D eigenvalue weighted by molar-refractivity contribution is -0.149. The summed E-state index contributed by atoms with van der Waals surface area (Å²) in [6.45, 7) is 2.17. The molecule has 0 bridgehead atoms. The van der Waals surface area contributed by atoms with Gasteiger partial charge in [0.05, 0.1) is 23.5 Å². The van der Waals surface area contributed by atoms with Crippen LogP contribution in [-0.2, 0) is 25.1 Å². The summed E-state index contributed by atoms with van der Waals surface area (Å²) in [7, 11) is -3.15. The van der Waals surface area contributed by atoms with Crippen LogP contribution in [0.1, 0.15) is 38.2 Å². The highest BCUT2D eigenvalue weighted by molar-refractivity contribution is 7.91. The molecule has 0 unspecified atom stereocenters. The molecule has 116 valence electrons. The van der Waals surface area contributed by atoms with Crippen LogP contribution in [0.25, 0.3) is 0 Å². The number of benzene rings is 1. The van der Waals surface area contributed by atoms with E-state index in [2.05, 4.69) is 0 Å². The van der Waals surface area contributed by atoms with Crippen LogP contribution in [0, 0.1) is 5.92 Å². The van der Waals surface area contributed by atoms with Crippen molar-refractivity contribution in [3.8, 4) is 0 Å². The Morgan fingerprint density at radius 3 is 2.33 bits per heavy atom. The molecule has 4 nitrogen and oxygen atoms in total. The van der Waals surface area contributed by atoms with Crippen LogP contribution < -0.4 is 0 Å². The minimum atomic E-state index is -3.15. The molecule has 1 aliphatic carbocycles. The van der Waals surface area contributed by atoms with Crippen molar-refractivity contribution in [2.45, 2.75) is 43.6 Å². The number of rotatable bonds is 5. The van der Waals surface area contributed by atoms with Gasteiger partial charge in [0.25, 0.3) is 0 Å². The first kappa shape index (κ1) is 16.0. The van der Waals surface area contributed by atoms with E-state index >= 15 is 0 Å². The van der Waals surface area contributed by atoms with Crippen LogP contribution >= 0.6 is 0 Å². The number of hydrogen-bond donors (Lipinski definition) is 0. The van der Waals surface area contributed by atoms with Crippen molar-refractivity contribution in [3.63, 3.8) is 0 Å². The van der Waals surface area contributed by atoms with Gasteiger partial charge in [-0.15, -0.1) is 0 Å². The fourth-order valence-electron chi connectivity index (χ4n) is 2.84. The summed E-state index contributed by atoms with van der Waals surface area (Å²) in [6, 6.07) is 9.25. The summed E-state index contributed by atoms with van der Waals surface area (Å²) < 4.78 is 29.9. The van der Waals surface area contributed by atoms with E-state index < -0.39 is 9.84 Å². The van der Waals surface area contributed by atoms with Crippen molar-refractivity contribution < 1.29 is 17.9 Å². The third-order valence-corrected chi connectivity index (χ3v) is 6.24. The maximum absolute atomic E-state index is 12.4. The van der Waals surface area contributed by atoms with E-state index in [1.165, 1.54) is 0 Å². The van der Waals surface area contributed by atoms with Gasteiger partial charge in [-0.1, -0.05) is 30.3 Å². The zero-order valence-corrected chi connectivity index (χ0v) is 13.1. The standard InChI is InChI=1S/C16H22O4S/c1-2-20-16(17)14-8-10-15(11-9-14)21(18,19)12-13-6-4-3-5-7-13/h3-7,14-15H,2,8-12H2,1H3. The number of esters is 1. The zero-order valence-electron chi connectivity index (χ0n) is 12.3. The molecule has 0 aromatic heterocycles. The average Bonchev–Trinajstić information content (AvgIpc) is 2.48. The number of hydrogen-bond acceptors (Lipinski definition) is 4. The van der Waals surface area contributed by atoms with Gasteiger partial charge >= 0.3 is 5.97 Å². The summed E-state index contributed by atoms with van der Waals surface area (Å²) in [5.74, 6) is -0.229. The average molecular weight is 310 g/mol. The van der Waals surface area contributed by atoms with Gasteiger partial charge in [0.1, 0.15) is 0 Å². The SMILES string of the molecule is CCOC(=O)C1CCC(S(=O)(=O)Cc2ccccc2)CC1. The molecular weight excluding hydrogens is 288 g/mol. The van der Waals surface area contributed by atoms with Gasteiger partial charge < -0.3 is 4.74 Å². The first-order chi connectivity index (χ1) is 10.0. The van der Waals surface area contributed by atoms with Gasteiger partial charge in [-0.3, -0.25) is 4.79 Å². The maximum atomic E-state index is 12.4. The smallest absolute Gasteiger partial charge is 0.308 e. The summed E-state index contributed by atoms with van der Waals surface area (Å²) in [5, 5.41) is -0.330. The second-order valence-corrected chi connectivity index (χ2v) is 7.80. The van der Waals surface area contributed by atoms with E-state index in [4.69, 9.17) is 4.74 Å². The normalized spacial score (nSPS) is 22.7. The summed E-state index contributed by atoms with van der Waals surface area (Å²) in [5.41, 5.74) is 0.824. The van der Waals surface area contributed by atoms with Gasteiger partial charge in [-0.05, 0) is 38.2 Å². The Labute approximate surface area is 126 Å². The molecule has 0 heterocycles. The quantitative estimate of drug-likeness (QED) is 0.785. The predicted molar refractivity (Wildman–Crippen MR) is 81.4 cm³/mol. The fourth-order valence-corrected chi connectivity index (χ4v) is 4.73. The maximum Gasteiger partial charge on any atom is 0.308 e. The monoisotopic (exact) mass is 310 g/mol. The molecule has 0 spiro atoms. The third kappa shape index (κ3) is 4.30. The number of sulfone groups is 1. The summed E-state index contributed by atoms with van der Waals surface area (Å²) in [4.78, 5) is 11.7. The van der Waals surface area contributed by atoms with Crippen LogP contribution in [0.3, 0.4) is 0 Å². The molecule has 5 heteroatoms. The Kier molecular flexibility index (Phi) is 5.39. The topological polar surface area (TPSA) is 60.4 Å². The highest BCUT2D eigenvalue weighted by Gasteiger charge is 2.33. The van der Waals surface area contributed by atoms with Gasteiger partial charge in [0.2, 0.25) is 0 Å². The van der Waals surface area contributed by atoms with Gasteiger partial charge in [0.15, 0.2) is 9.84 Å². The van der Waals surface area contributed by atoms with Crippen molar-refractivity contribution in [3.05, 3.63) is 35.9 Å². The fraction of sp³-hybridized carbons (Fsp3) is 0.562. The molecule has 1 fully saturated rings. The van der Waals surface area contributed by atoms with Crippen LogP contribution in [0.5, 0.6) is 0 Å². The van der Waals surface area contributed by atoms with Crippen molar-refractivity contribution in [1.82, 2.24) is 0 Å². The first-order valence-electron chi connectivity index (χ1n) is 7.45. The summed E-state index contributed by atoms with van der Waals surface area (Å²) >= 11 is 0. The predicted octanol–water partition coefficient (Wildman–Crippen LogP) is 2.72. The van der Waals surface area contributed by atoms with Crippen molar-refractivity contribution in [2.24, 2.45) is 5.92 Å². The third-order valence-electron chi connectivity index (χ3n) is 4.01. The lowest BCUT2D eigenvalue weighted by Crippen LogP contribution is -2.31. The molecule has 1 aromatic carbocycles. The minimum absolute atomic E-state index is 0.0859. The van der Waals surface area contributed by atoms with Gasteiger partial charge in [-0.25, -0.2) is 8.42 Å². The Morgan fingerprint density at radius 2 is 1.76 bits per heavy atom. The minimum Gasteiger partial charge on any atom is -0.466 e. The second kappa shape index (κ2) is 7.07. The number of carbonyl (C=O) groups excluding carboxylic acids is 1. The Morgan fingerprint density at radius 1 is 1.14 bits per heavy atom. The molecule has 0 atom stereocenters. The van der Waals surface area contributed by atoms with E-state index in [0.29, 0.717) is 32.3 Å². The zero-order chi connectivity index (χ0) is 15.3. The van der Waals surface area contributed by atoms with E-state index in [0.717, 1.165) is 5.56 Å². The second-order valence-electron chi connectivity index (χ2n) is 5.52. The van der Waals surface area contributed by atoms with Crippen LogP contribution in [0.2, 0.25) is 0 Å². The van der Waals surface area contributed by atoms with Crippen LogP contribution in [-0.4, -0.2) is 26.2 Å². The van der Waals surface area contributed by atoms with Crippen molar-refractivity contribution in [1.29, 1.82) is 0 Å². The number of ether oxygens (including phenoxy) is 1. The van der Waals surface area contributed by atoms with E-state index in [1.54, 1.807) is 6.92 Å². The van der Waals surface area contributed by atoms with Crippen LogP contribution in [0.15, 0.2) is 30.3 Å². The first-order valence-corrected chi connectivity index (χ1v) is 9.16.